The van der Waals surface area contributed by atoms with Crippen molar-refractivity contribution in [3.8, 4) is 6.07 Å². The van der Waals surface area contributed by atoms with Crippen LogP contribution in [0.5, 0.6) is 0 Å². The molecule has 0 aromatic heterocycles. The molecule has 2 N–H and O–H groups in total. The van der Waals surface area contributed by atoms with Gasteiger partial charge in [-0.3, -0.25) is 4.79 Å². The first-order chi connectivity index (χ1) is 11.8. The molecule has 0 radical (unpaired) electrons. The lowest BCUT2D eigenvalue weighted by molar-refractivity contribution is -0.112. The molecule has 0 aliphatic rings. The molecule has 128 valence electrons. The van der Waals surface area contributed by atoms with Gasteiger partial charge in [-0.15, -0.1) is 0 Å². The number of anilines is 2. The van der Waals surface area contributed by atoms with Gasteiger partial charge < -0.3 is 10.6 Å². The lowest BCUT2D eigenvalue weighted by Crippen LogP contribution is -2.15. The van der Waals surface area contributed by atoms with Crippen LogP contribution >= 0.6 is 23.2 Å². The topological polar surface area (TPSA) is 64.9 Å². The second-order valence-corrected chi connectivity index (χ2v) is 5.46. The molecule has 0 heterocycles. The van der Waals surface area contributed by atoms with E-state index in [0.29, 0.717) is 11.1 Å². The quantitative estimate of drug-likeness (QED) is 0.448. The van der Waals surface area contributed by atoms with Gasteiger partial charge in [0.15, 0.2) is 17.5 Å². The summed E-state index contributed by atoms with van der Waals surface area (Å²) in [5, 5.41) is 14.1. The van der Waals surface area contributed by atoms with Crippen LogP contribution in [0.15, 0.2) is 42.1 Å². The molecule has 1 amide bonds. The van der Waals surface area contributed by atoms with Crippen molar-refractivity contribution in [3.05, 3.63) is 69.6 Å². The summed E-state index contributed by atoms with van der Waals surface area (Å²) in [6, 6.07) is 7.55. The highest BCUT2D eigenvalue weighted by Crippen LogP contribution is 2.26. The van der Waals surface area contributed by atoms with E-state index in [1.807, 2.05) is 0 Å². The van der Waals surface area contributed by atoms with Crippen molar-refractivity contribution in [3.63, 3.8) is 0 Å². The maximum Gasteiger partial charge on any atom is 0.267 e. The van der Waals surface area contributed by atoms with Crippen molar-refractivity contribution in [1.82, 2.24) is 0 Å². The predicted octanol–water partition coefficient (Wildman–Crippen LogP) is 4.87. The summed E-state index contributed by atoms with van der Waals surface area (Å²) < 4.78 is 39.6. The van der Waals surface area contributed by atoms with Crippen LogP contribution in [-0.4, -0.2) is 5.91 Å². The smallest absolute Gasteiger partial charge is 0.267 e. The summed E-state index contributed by atoms with van der Waals surface area (Å²) in [6.45, 7) is 0. The molecule has 9 heteroatoms. The number of rotatable bonds is 4. The molecule has 0 saturated heterocycles. The average molecular weight is 386 g/mol. The van der Waals surface area contributed by atoms with E-state index in [2.05, 4.69) is 10.6 Å². The van der Waals surface area contributed by atoms with Crippen LogP contribution in [0.25, 0.3) is 0 Å². The second-order valence-electron chi connectivity index (χ2n) is 4.62. The maximum atomic E-state index is 13.5. The number of nitriles is 1. The Morgan fingerprint density at radius 2 is 1.80 bits per heavy atom. The molecule has 25 heavy (non-hydrogen) atoms. The molecular weight excluding hydrogens is 378 g/mol. The van der Waals surface area contributed by atoms with Gasteiger partial charge in [0, 0.05) is 11.2 Å². The summed E-state index contributed by atoms with van der Waals surface area (Å²) in [7, 11) is 0. The number of carbonyl (C=O) groups excluding carboxylic acids is 1. The van der Waals surface area contributed by atoms with Gasteiger partial charge in [0.05, 0.1) is 16.4 Å². The number of hydrogen-bond donors (Lipinski definition) is 2. The van der Waals surface area contributed by atoms with E-state index in [-0.39, 0.29) is 10.7 Å². The van der Waals surface area contributed by atoms with Gasteiger partial charge in [0.1, 0.15) is 11.6 Å². The number of benzene rings is 2. The van der Waals surface area contributed by atoms with Crippen LogP contribution in [0.1, 0.15) is 0 Å². The van der Waals surface area contributed by atoms with Crippen LogP contribution in [0, 0.1) is 28.8 Å². The number of halogens is 5. The van der Waals surface area contributed by atoms with Gasteiger partial charge >= 0.3 is 0 Å². The highest BCUT2D eigenvalue weighted by Gasteiger charge is 2.15. The fraction of sp³-hybridized carbons (Fsp3) is 0. The number of hydrogen-bond acceptors (Lipinski definition) is 3. The van der Waals surface area contributed by atoms with Crippen molar-refractivity contribution in [2.45, 2.75) is 0 Å². The molecule has 0 fully saturated rings. The number of carbonyl (C=O) groups is 1. The molecule has 2 rings (SSSR count). The summed E-state index contributed by atoms with van der Waals surface area (Å²) >= 11 is 11.7. The molecule has 0 spiro atoms. The minimum atomic E-state index is -1.67. The van der Waals surface area contributed by atoms with Crippen molar-refractivity contribution in [2.75, 3.05) is 10.6 Å². The van der Waals surface area contributed by atoms with Gasteiger partial charge in [0.25, 0.3) is 5.91 Å². The minimum Gasteiger partial charge on any atom is -0.358 e. The van der Waals surface area contributed by atoms with Gasteiger partial charge in [-0.1, -0.05) is 23.2 Å². The second kappa shape index (κ2) is 7.92. The van der Waals surface area contributed by atoms with E-state index >= 15 is 0 Å². The fourth-order valence-corrected chi connectivity index (χ4v) is 2.06. The Balaban J connectivity index is 2.20. The van der Waals surface area contributed by atoms with Crippen LogP contribution in [0.2, 0.25) is 10.0 Å². The molecular formula is C16H8Cl2F3N3O. The lowest BCUT2D eigenvalue weighted by atomic mass is 10.2. The Kier molecular flexibility index (Phi) is 5.91. The Hall–Kier alpha value is -2.69. The third-order valence-electron chi connectivity index (χ3n) is 2.95. The van der Waals surface area contributed by atoms with E-state index < -0.39 is 34.6 Å². The molecule has 4 nitrogen and oxygen atoms in total. The molecule has 0 aliphatic heterocycles. The highest BCUT2D eigenvalue weighted by molar-refractivity contribution is 6.35. The predicted molar refractivity (Wildman–Crippen MR) is 88.7 cm³/mol. The molecule has 2 aromatic rings. The molecule has 2 aromatic carbocycles. The van der Waals surface area contributed by atoms with Crippen molar-refractivity contribution < 1.29 is 18.0 Å². The fourth-order valence-electron chi connectivity index (χ4n) is 1.72. The maximum absolute atomic E-state index is 13.5. The van der Waals surface area contributed by atoms with Crippen LogP contribution < -0.4 is 10.6 Å². The summed E-state index contributed by atoms with van der Waals surface area (Å²) in [5.74, 6) is -5.37. The number of nitrogens with zero attached hydrogens (tertiary/aromatic N) is 1. The van der Waals surface area contributed by atoms with Gasteiger partial charge in [-0.05, 0) is 30.3 Å². The van der Waals surface area contributed by atoms with E-state index in [4.69, 9.17) is 28.5 Å². The van der Waals surface area contributed by atoms with E-state index in [0.717, 1.165) is 12.3 Å². The normalized spacial score (nSPS) is 11.0. The van der Waals surface area contributed by atoms with E-state index in [1.165, 1.54) is 18.2 Å². The first-order valence-corrected chi connectivity index (χ1v) is 7.35. The first kappa shape index (κ1) is 18.6. The number of amides is 1. The standard InChI is InChI=1S/C16H8Cl2F3N3O/c17-9-1-2-10(18)13(5-9)24-16(25)8(6-22)7-23-12-4-3-11(19)14(20)15(12)21/h1-5,7,23H,(H,24,25)/b8-7-. The van der Waals surface area contributed by atoms with Crippen molar-refractivity contribution in [1.29, 1.82) is 5.26 Å². The molecule has 0 saturated carbocycles. The third-order valence-corrected chi connectivity index (χ3v) is 3.51. The molecule has 0 atom stereocenters. The summed E-state index contributed by atoms with van der Waals surface area (Å²) in [6.07, 6.45) is 0.851. The van der Waals surface area contributed by atoms with Gasteiger partial charge in [0.2, 0.25) is 0 Å². The van der Waals surface area contributed by atoms with E-state index in [9.17, 15) is 18.0 Å². The zero-order chi connectivity index (χ0) is 18.6. The Morgan fingerprint density at radius 3 is 2.48 bits per heavy atom. The van der Waals surface area contributed by atoms with Crippen LogP contribution in [0.4, 0.5) is 24.5 Å². The third kappa shape index (κ3) is 4.44. The summed E-state index contributed by atoms with van der Waals surface area (Å²) in [5.41, 5.74) is -0.736. The Labute approximate surface area is 150 Å². The monoisotopic (exact) mass is 385 g/mol. The average Bonchev–Trinajstić information content (AvgIpc) is 2.58. The Morgan fingerprint density at radius 1 is 1.08 bits per heavy atom. The highest BCUT2D eigenvalue weighted by atomic mass is 35.5. The van der Waals surface area contributed by atoms with Gasteiger partial charge in [-0.2, -0.15) is 5.26 Å². The first-order valence-electron chi connectivity index (χ1n) is 6.60. The Bertz CT molecular complexity index is 910. The van der Waals surface area contributed by atoms with Crippen LogP contribution in [-0.2, 0) is 4.79 Å². The largest absolute Gasteiger partial charge is 0.358 e. The van der Waals surface area contributed by atoms with Crippen molar-refractivity contribution >= 4 is 40.5 Å². The zero-order valence-electron chi connectivity index (χ0n) is 12.2. The number of nitrogens with one attached hydrogen (secondary N) is 2. The van der Waals surface area contributed by atoms with E-state index in [1.54, 1.807) is 6.07 Å². The van der Waals surface area contributed by atoms with Crippen molar-refractivity contribution in [2.24, 2.45) is 0 Å². The molecule has 0 bridgehead atoms. The SMILES string of the molecule is N#C/C(=C/Nc1ccc(F)c(F)c1F)C(=O)Nc1cc(Cl)ccc1Cl. The molecule has 0 aliphatic carbocycles. The zero-order valence-corrected chi connectivity index (χ0v) is 13.7. The van der Waals surface area contributed by atoms with Gasteiger partial charge in [-0.25, -0.2) is 13.2 Å². The van der Waals surface area contributed by atoms with Crippen LogP contribution in [0.3, 0.4) is 0 Å². The lowest BCUT2D eigenvalue weighted by Gasteiger charge is -2.08. The molecule has 0 unspecified atom stereocenters. The minimum absolute atomic E-state index is 0.166. The summed E-state index contributed by atoms with van der Waals surface area (Å²) in [4.78, 5) is 12.1.